The number of rotatable bonds is 5. The van der Waals surface area contributed by atoms with Gasteiger partial charge in [-0.3, -0.25) is 4.79 Å². The fraction of sp³-hybridized carbons (Fsp3) is 0.400. The second kappa shape index (κ2) is 5.31. The van der Waals surface area contributed by atoms with E-state index in [1.807, 2.05) is 11.9 Å². The molecule has 0 atom stereocenters. The molecule has 1 aromatic heterocycles. The van der Waals surface area contributed by atoms with Crippen molar-refractivity contribution in [2.24, 2.45) is 11.5 Å². The highest BCUT2D eigenvalue weighted by Crippen LogP contribution is 2.09. The van der Waals surface area contributed by atoms with Crippen molar-refractivity contribution in [2.75, 3.05) is 25.0 Å². The predicted molar refractivity (Wildman–Crippen MR) is 59.7 cm³/mol. The first-order chi connectivity index (χ1) is 7.15. The maximum atomic E-state index is 10.8. The zero-order valence-corrected chi connectivity index (χ0v) is 8.81. The molecule has 15 heavy (non-hydrogen) atoms. The van der Waals surface area contributed by atoms with Crippen molar-refractivity contribution < 1.29 is 4.79 Å². The van der Waals surface area contributed by atoms with Gasteiger partial charge in [0, 0.05) is 19.8 Å². The Kier molecular flexibility index (Phi) is 4.05. The molecule has 0 saturated carbocycles. The maximum Gasteiger partial charge on any atom is 0.250 e. The van der Waals surface area contributed by atoms with E-state index >= 15 is 0 Å². The van der Waals surface area contributed by atoms with Crippen LogP contribution in [0.2, 0.25) is 0 Å². The fourth-order valence-electron chi connectivity index (χ4n) is 1.20. The molecule has 0 fully saturated rings. The summed E-state index contributed by atoms with van der Waals surface area (Å²) in [6.07, 6.45) is 2.40. The van der Waals surface area contributed by atoms with Crippen LogP contribution in [0.1, 0.15) is 16.8 Å². The van der Waals surface area contributed by atoms with Gasteiger partial charge in [0.15, 0.2) is 0 Å². The average molecular weight is 208 g/mol. The summed E-state index contributed by atoms with van der Waals surface area (Å²) in [7, 11) is 1.93. The van der Waals surface area contributed by atoms with E-state index in [0.717, 1.165) is 18.8 Å². The van der Waals surface area contributed by atoms with Crippen LogP contribution < -0.4 is 16.4 Å². The van der Waals surface area contributed by atoms with E-state index in [4.69, 9.17) is 11.5 Å². The summed E-state index contributed by atoms with van der Waals surface area (Å²) in [5.74, 6) is 0.354. The Hall–Kier alpha value is -1.62. The molecule has 0 unspecified atom stereocenters. The van der Waals surface area contributed by atoms with Crippen LogP contribution in [-0.2, 0) is 0 Å². The monoisotopic (exact) mass is 208 g/mol. The van der Waals surface area contributed by atoms with Crippen molar-refractivity contribution in [1.29, 1.82) is 0 Å². The molecule has 0 aliphatic carbocycles. The van der Waals surface area contributed by atoms with Crippen LogP contribution in [0.4, 0.5) is 5.82 Å². The minimum absolute atomic E-state index is 0.422. The average Bonchev–Trinajstić information content (AvgIpc) is 2.26. The number of amides is 1. The van der Waals surface area contributed by atoms with E-state index in [2.05, 4.69) is 4.98 Å². The Morgan fingerprint density at radius 2 is 2.27 bits per heavy atom. The Labute approximate surface area is 89.1 Å². The molecule has 0 saturated heterocycles. The first-order valence-corrected chi connectivity index (χ1v) is 4.82. The SMILES string of the molecule is CN(CCCN)c1ccc(C(N)=O)cn1. The van der Waals surface area contributed by atoms with Crippen molar-refractivity contribution in [1.82, 2.24) is 4.98 Å². The first-order valence-electron chi connectivity index (χ1n) is 4.82. The van der Waals surface area contributed by atoms with Gasteiger partial charge in [0.05, 0.1) is 5.56 Å². The Morgan fingerprint density at radius 3 is 2.73 bits per heavy atom. The van der Waals surface area contributed by atoms with Gasteiger partial charge in [-0.1, -0.05) is 0 Å². The van der Waals surface area contributed by atoms with Gasteiger partial charge in [0.2, 0.25) is 5.91 Å². The Balaban J connectivity index is 2.66. The molecule has 0 aliphatic heterocycles. The standard InChI is InChI=1S/C10H16N4O/c1-14(6-2-5-11)9-4-3-8(7-13-9)10(12)15/h3-4,7H,2,5-6,11H2,1H3,(H2,12,15). The number of pyridine rings is 1. The van der Waals surface area contributed by atoms with Crippen LogP contribution >= 0.6 is 0 Å². The number of anilines is 1. The first kappa shape index (κ1) is 11.5. The molecular formula is C10H16N4O. The van der Waals surface area contributed by atoms with Gasteiger partial charge in [-0.15, -0.1) is 0 Å². The molecule has 1 aromatic rings. The summed E-state index contributed by atoms with van der Waals surface area (Å²) in [6.45, 7) is 1.50. The van der Waals surface area contributed by atoms with E-state index in [-0.39, 0.29) is 0 Å². The van der Waals surface area contributed by atoms with Crippen LogP contribution in [0.5, 0.6) is 0 Å². The maximum absolute atomic E-state index is 10.8. The number of hydrogen-bond donors (Lipinski definition) is 2. The van der Waals surface area contributed by atoms with Crippen molar-refractivity contribution in [3.8, 4) is 0 Å². The van der Waals surface area contributed by atoms with Gasteiger partial charge in [-0.2, -0.15) is 0 Å². The number of carbonyl (C=O) groups excluding carboxylic acids is 1. The highest BCUT2D eigenvalue weighted by molar-refractivity contribution is 5.92. The Morgan fingerprint density at radius 1 is 1.53 bits per heavy atom. The van der Waals surface area contributed by atoms with E-state index < -0.39 is 5.91 Å². The molecule has 1 amide bonds. The lowest BCUT2D eigenvalue weighted by atomic mass is 10.2. The van der Waals surface area contributed by atoms with Crippen molar-refractivity contribution >= 4 is 11.7 Å². The smallest absolute Gasteiger partial charge is 0.250 e. The highest BCUT2D eigenvalue weighted by Gasteiger charge is 2.04. The summed E-state index contributed by atoms with van der Waals surface area (Å²) < 4.78 is 0. The second-order valence-corrected chi connectivity index (χ2v) is 3.33. The minimum Gasteiger partial charge on any atom is -0.366 e. The zero-order valence-electron chi connectivity index (χ0n) is 8.81. The molecule has 1 rings (SSSR count). The normalized spacial score (nSPS) is 10.0. The summed E-state index contributed by atoms with van der Waals surface area (Å²) in [5, 5.41) is 0. The van der Waals surface area contributed by atoms with Crippen LogP contribution in [0, 0.1) is 0 Å². The minimum atomic E-state index is -0.460. The predicted octanol–water partition coefficient (Wildman–Crippen LogP) is -0.0345. The van der Waals surface area contributed by atoms with Crippen LogP contribution in [-0.4, -0.2) is 31.0 Å². The molecule has 5 nitrogen and oxygen atoms in total. The summed E-state index contributed by atoms with van der Waals surface area (Å²) in [5.41, 5.74) is 10.9. The van der Waals surface area contributed by atoms with Crippen LogP contribution in [0.15, 0.2) is 18.3 Å². The summed E-state index contributed by atoms with van der Waals surface area (Å²) in [4.78, 5) is 16.9. The number of hydrogen-bond acceptors (Lipinski definition) is 4. The van der Waals surface area contributed by atoms with Gasteiger partial charge >= 0.3 is 0 Å². The lowest BCUT2D eigenvalue weighted by molar-refractivity contribution is 0.1000. The lowest BCUT2D eigenvalue weighted by Crippen LogP contribution is -2.22. The number of nitrogens with zero attached hydrogens (tertiary/aromatic N) is 2. The number of nitrogens with two attached hydrogens (primary N) is 2. The molecule has 0 aliphatic rings. The van der Waals surface area contributed by atoms with Crippen molar-refractivity contribution in [2.45, 2.75) is 6.42 Å². The molecule has 0 spiro atoms. The summed E-state index contributed by atoms with van der Waals surface area (Å²) in [6, 6.07) is 3.44. The molecule has 0 aromatic carbocycles. The van der Waals surface area contributed by atoms with Gasteiger partial charge < -0.3 is 16.4 Å². The molecular weight excluding hydrogens is 192 g/mol. The van der Waals surface area contributed by atoms with Crippen LogP contribution in [0.3, 0.4) is 0 Å². The number of primary amides is 1. The van der Waals surface area contributed by atoms with Gasteiger partial charge in [0.1, 0.15) is 5.82 Å². The Bertz CT molecular complexity index is 323. The zero-order chi connectivity index (χ0) is 11.3. The number of aromatic nitrogens is 1. The van der Waals surface area contributed by atoms with Crippen molar-refractivity contribution in [3.63, 3.8) is 0 Å². The number of carbonyl (C=O) groups is 1. The molecule has 0 radical (unpaired) electrons. The third-order valence-corrected chi connectivity index (χ3v) is 2.12. The summed E-state index contributed by atoms with van der Waals surface area (Å²) >= 11 is 0. The van der Waals surface area contributed by atoms with E-state index in [9.17, 15) is 4.79 Å². The van der Waals surface area contributed by atoms with E-state index in [0.29, 0.717) is 12.1 Å². The molecule has 1 heterocycles. The third kappa shape index (κ3) is 3.21. The lowest BCUT2D eigenvalue weighted by Gasteiger charge is -2.17. The van der Waals surface area contributed by atoms with Gasteiger partial charge in [-0.25, -0.2) is 4.98 Å². The van der Waals surface area contributed by atoms with Crippen molar-refractivity contribution in [3.05, 3.63) is 23.9 Å². The van der Waals surface area contributed by atoms with Gasteiger partial charge in [0.25, 0.3) is 0 Å². The fourth-order valence-corrected chi connectivity index (χ4v) is 1.20. The topological polar surface area (TPSA) is 85.2 Å². The van der Waals surface area contributed by atoms with E-state index in [1.54, 1.807) is 12.1 Å². The van der Waals surface area contributed by atoms with Crippen LogP contribution in [0.25, 0.3) is 0 Å². The van der Waals surface area contributed by atoms with Gasteiger partial charge in [-0.05, 0) is 25.1 Å². The molecule has 5 heteroatoms. The molecule has 0 bridgehead atoms. The second-order valence-electron chi connectivity index (χ2n) is 3.33. The quantitative estimate of drug-likeness (QED) is 0.711. The largest absolute Gasteiger partial charge is 0.366 e. The molecule has 4 N–H and O–H groups in total. The highest BCUT2D eigenvalue weighted by atomic mass is 16.1. The third-order valence-electron chi connectivity index (χ3n) is 2.12. The molecule has 82 valence electrons. The van der Waals surface area contributed by atoms with E-state index in [1.165, 1.54) is 6.20 Å².